The standard InChI is InChI=1S/C13H14Cl2N4OS/c14-9-6-8(16)7-10(15)12(9)19-11(20)2-1-5-21-13-17-3-4-18-13/h3-4,6-7H,1-2,5,16H2,(H,17,18)(H,19,20). The van der Waals surface area contributed by atoms with Crippen LogP contribution in [0.4, 0.5) is 11.4 Å². The highest BCUT2D eigenvalue weighted by Crippen LogP contribution is 2.32. The highest BCUT2D eigenvalue weighted by Gasteiger charge is 2.11. The molecule has 5 nitrogen and oxygen atoms in total. The highest BCUT2D eigenvalue weighted by molar-refractivity contribution is 7.99. The van der Waals surface area contributed by atoms with Crippen molar-refractivity contribution >= 4 is 52.2 Å². The van der Waals surface area contributed by atoms with Gasteiger partial charge in [0.05, 0.1) is 15.7 Å². The van der Waals surface area contributed by atoms with Crippen LogP contribution in [0.3, 0.4) is 0 Å². The molecule has 8 heteroatoms. The maximum atomic E-state index is 11.9. The summed E-state index contributed by atoms with van der Waals surface area (Å²) in [6.07, 6.45) is 4.56. The summed E-state index contributed by atoms with van der Waals surface area (Å²) in [5, 5.41) is 4.22. The summed E-state index contributed by atoms with van der Waals surface area (Å²) in [5.74, 6) is 0.660. The minimum absolute atomic E-state index is 0.136. The molecular weight excluding hydrogens is 331 g/mol. The van der Waals surface area contributed by atoms with Gasteiger partial charge in [0.25, 0.3) is 0 Å². The van der Waals surface area contributed by atoms with Crippen LogP contribution in [0.15, 0.2) is 29.7 Å². The molecule has 1 aromatic heterocycles. The zero-order valence-corrected chi connectivity index (χ0v) is 13.4. The van der Waals surface area contributed by atoms with Gasteiger partial charge in [0, 0.05) is 30.3 Å². The minimum Gasteiger partial charge on any atom is -0.399 e. The lowest BCUT2D eigenvalue weighted by Crippen LogP contribution is -2.12. The number of benzene rings is 1. The average molecular weight is 345 g/mol. The zero-order valence-electron chi connectivity index (χ0n) is 11.0. The van der Waals surface area contributed by atoms with Gasteiger partial charge in [-0.05, 0) is 18.6 Å². The Morgan fingerprint density at radius 2 is 2.10 bits per heavy atom. The number of carbonyl (C=O) groups excluding carboxylic acids is 1. The molecule has 0 aliphatic carbocycles. The number of H-pyrrole nitrogens is 1. The van der Waals surface area contributed by atoms with Gasteiger partial charge in [0.2, 0.25) is 5.91 Å². The van der Waals surface area contributed by atoms with Crippen molar-refractivity contribution in [1.82, 2.24) is 9.97 Å². The van der Waals surface area contributed by atoms with Crippen molar-refractivity contribution in [3.8, 4) is 0 Å². The number of amides is 1. The van der Waals surface area contributed by atoms with Crippen LogP contribution < -0.4 is 11.1 Å². The molecule has 0 bridgehead atoms. The first kappa shape index (κ1) is 16.0. The quantitative estimate of drug-likeness (QED) is 0.422. The van der Waals surface area contributed by atoms with Crippen LogP contribution in [0.5, 0.6) is 0 Å². The minimum atomic E-state index is -0.136. The molecule has 2 rings (SSSR count). The number of rotatable bonds is 6. The molecule has 1 amide bonds. The molecule has 0 aliphatic heterocycles. The van der Waals surface area contributed by atoms with E-state index in [1.807, 2.05) is 0 Å². The van der Waals surface area contributed by atoms with E-state index in [1.165, 1.54) is 0 Å². The number of aromatic amines is 1. The SMILES string of the molecule is Nc1cc(Cl)c(NC(=O)CCCSc2ncc[nH]2)c(Cl)c1. The number of carbonyl (C=O) groups is 1. The number of nitrogens with one attached hydrogen (secondary N) is 2. The summed E-state index contributed by atoms with van der Waals surface area (Å²) in [5.41, 5.74) is 6.47. The predicted molar refractivity (Wildman–Crippen MR) is 88.0 cm³/mol. The van der Waals surface area contributed by atoms with Gasteiger partial charge < -0.3 is 16.0 Å². The van der Waals surface area contributed by atoms with E-state index in [2.05, 4.69) is 15.3 Å². The molecule has 4 N–H and O–H groups in total. The second-order valence-corrected chi connectivity index (χ2v) is 6.15. The maximum absolute atomic E-state index is 11.9. The number of imidazole rings is 1. The van der Waals surface area contributed by atoms with Crippen molar-refractivity contribution in [2.75, 3.05) is 16.8 Å². The van der Waals surface area contributed by atoms with Crippen molar-refractivity contribution in [1.29, 1.82) is 0 Å². The second-order valence-electron chi connectivity index (χ2n) is 4.25. The number of thioether (sulfide) groups is 1. The maximum Gasteiger partial charge on any atom is 0.224 e. The number of nitrogen functional groups attached to an aromatic ring is 1. The number of anilines is 2. The number of nitrogens with two attached hydrogens (primary N) is 1. The van der Waals surface area contributed by atoms with E-state index in [9.17, 15) is 4.79 Å². The molecule has 21 heavy (non-hydrogen) atoms. The van der Waals surface area contributed by atoms with Crippen molar-refractivity contribution < 1.29 is 4.79 Å². The molecule has 1 heterocycles. The Morgan fingerprint density at radius 3 is 2.71 bits per heavy atom. The summed E-state index contributed by atoms with van der Waals surface area (Å²) in [6.45, 7) is 0. The van der Waals surface area contributed by atoms with Gasteiger partial charge in [-0.1, -0.05) is 35.0 Å². The lowest BCUT2D eigenvalue weighted by Gasteiger charge is -2.10. The van der Waals surface area contributed by atoms with E-state index in [4.69, 9.17) is 28.9 Å². The molecular formula is C13H14Cl2N4OS. The summed E-state index contributed by atoms with van der Waals surface area (Å²) < 4.78 is 0. The Hall–Kier alpha value is -1.37. The summed E-state index contributed by atoms with van der Waals surface area (Å²) >= 11 is 13.6. The van der Waals surface area contributed by atoms with Gasteiger partial charge in [0.15, 0.2) is 5.16 Å². The normalized spacial score (nSPS) is 10.6. The van der Waals surface area contributed by atoms with Crippen LogP contribution in [-0.4, -0.2) is 21.6 Å². The van der Waals surface area contributed by atoms with Gasteiger partial charge in [-0.15, -0.1) is 0 Å². The molecule has 0 radical (unpaired) electrons. The molecule has 112 valence electrons. The Balaban J connectivity index is 1.79. The largest absolute Gasteiger partial charge is 0.399 e. The first-order valence-electron chi connectivity index (χ1n) is 6.23. The molecule has 0 atom stereocenters. The van der Waals surface area contributed by atoms with Crippen LogP contribution >= 0.6 is 35.0 Å². The van der Waals surface area contributed by atoms with E-state index >= 15 is 0 Å². The predicted octanol–water partition coefficient (Wildman–Crippen LogP) is 3.81. The molecule has 0 unspecified atom stereocenters. The monoisotopic (exact) mass is 344 g/mol. The third-order valence-corrected chi connectivity index (χ3v) is 4.17. The van der Waals surface area contributed by atoms with Gasteiger partial charge in [0.1, 0.15) is 0 Å². The Morgan fingerprint density at radius 1 is 1.38 bits per heavy atom. The molecule has 0 saturated carbocycles. The fraction of sp³-hybridized carbons (Fsp3) is 0.231. The molecule has 0 spiro atoms. The number of aromatic nitrogens is 2. The average Bonchev–Trinajstić information content (AvgIpc) is 2.92. The fourth-order valence-corrected chi connectivity index (χ4v) is 3.01. The third-order valence-electron chi connectivity index (χ3n) is 2.59. The number of hydrogen-bond donors (Lipinski definition) is 3. The van der Waals surface area contributed by atoms with Crippen molar-refractivity contribution in [2.24, 2.45) is 0 Å². The highest BCUT2D eigenvalue weighted by atomic mass is 35.5. The van der Waals surface area contributed by atoms with Crippen LogP contribution in [0, 0.1) is 0 Å². The van der Waals surface area contributed by atoms with Gasteiger partial charge >= 0.3 is 0 Å². The number of hydrogen-bond acceptors (Lipinski definition) is 4. The Bertz CT molecular complexity index is 596. The van der Waals surface area contributed by atoms with E-state index in [-0.39, 0.29) is 5.91 Å². The summed E-state index contributed by atoms with van der Waals surface area (Å²) in [4.78, 5) is 19.0. The van der Waals surface area contributed by atoms with E-state index in [1.54, 1.807) is 36.3 Å². The Labute approximate surface area is 136 Å². The van der Waals surface area contributed by atoms with Gasteiger partial charge in [-0.25, -0.2) is 4.98 Å². The van der Waals surface area contributed by atoms with Gasteiger partial charge in [-0.2, -0.15) is 0 Å². The van der Waals surface area contributed by atoms with Crippen LogP contribution in [-0.2, 0) is 4.79 Å². The van der Waals surface area contributed by atoms with Crippen molar-refractivity contribution in [3.05, 3.63) is 34.6 Å². The first-order chi connectivity index (χ1) is 10.1. The smallest absolute Gasteiger partial charge is 0.224 e. The fourth-order valence-electron chi connectivity index (χ4n) is 1.65. The summed E-state index contributed by atoms with van der Waals surface area (Å²) in [6, 6.07) is 3.10. The second kappa shape index (κ2) is 7.59. The lowest BCUT2D eigenvalue weighted by molar-refractivity contribution is -0.116. The van der Waals surface area contributed by atoms with E-state index < -0.39 is 0 Å². The number of halogens is 2. The molecule has 2 aromatic rings. The van der Waals surface area contributed by atoms with Gasteiger partial charge in [-0.3, -0.25) is 4.79 Å². The van der Waals surface area contributed by atoms with Crippen molar-refractivity contribution in [3.63, 3.8) is 0 Å². The topological polar surface area (TPSA) is 83.8 Å². The molecule has 1 aromatic carbocycles. The summed E-state index contributed by atoms with van der Waals surface area (Å²) in [7, 11) is 0. The molecule has 0 saturated heterocycles. The van der Waals surface area contributed by atoms with Crippen LogP contribution in [0.1, 0.15) is 12.8 Å². The van der Waals surface area contributed by atoms with Crippen LogP contribution in [0.2, 0.25) is 10.0 Å². The molecule has 0 fully saturated rings. The number of nitrogens with zero attached hydrogens (tertiary/aromatic N) is 1. The van der Waals surface area contributed by atoms with Crippen molar-refractivity contribution in [2.45, 2.75) is 18.0 Å². The van der Waals surface area contributed by atoms with Crippen LogP contribution in [0.25, 0.3) is 0 Å². The lowest BCUT2D eigenvalue weighted by atomic mass is 10.2. The Kier molecular flexibility index (Phi) is 5.78. The van der Waals surface area contributed by atoms with E-state index in [0.29, 0.717) is 27.8 Å². The zero-order chi connectivity index (χ0) is 15.2. The first-order valence-corrected chi connectivity index (χ1v) is 7.97. The third kappa shape index (κ3) is 4.84. The molecule has 0 aliphatic rings. The van der Waals surface area contributed by atoms with E-state index in [0.717, 1.165) is 17.3 Å².